The van der Waals surface area contributed by atoms with Crippen LogP contribution in [0.1, 0.15) is 24.0 Å². The summed E-state index contributed by atoms with van der Waals surface area (Å²) < 4.78 is 5.39. The number of aromatic nitrogens is 2. The van der Waals surface area contributed by atoms with E-state index in [9.17, 15) is 4.79 Å². The molecule has 1 aromatic rings. The number of nitrogens with zero attached hydrogens (tertiary/aromatic N) is 2. The number of rotatable bonds is 2. The number of carbonyl (C=O) groups is 1. The predicted octanol–water partition coefficient (Wildman–Crippen LogP) is 1.48. The summed E-state index contributed by atoms with van der Waals surface area (Å²) in [5.41, 5.74) is 0. The van der Waals surface area contributed by atoms with Gasteiger partial charge >= 0.3 is 6.09 Å². The van der Waals surface area contributed by atoms with E-state index in [0.717, 1.165) is 24.5 Å². The number of amides is 1. The Kier molecular flexibility index (Phi) is 2.60. The first kappa shape index (κ1) is 9.35. The standard InChI is InChI=1S/C7H9N3O3S/c11-7(12)8-6-10-9-5(14-6)4-2-1-3-13-4/h4H,1-3H2,(H,8,10)(H,11,12). The molecular formula is C7H9N3O3S. The molecule has 2 heterocycles. The minimum absolute atomic E-state index is 0.00292. The molecular weight excluding hydrogens is 206 g/mol. The quantitative estimate of drug-likeness (QED) is 0.780. The highest BCUT2D eigenvalue weighted by Crippen LogP contribution is 2.31. The van der Waals surface area contributed by atoms with Gasteiger partial charge in [-0.2, -0.15) is 0 Å². The summed E-state index contributed by atoms with van der Waals surface area (Å²) in [6.45, 7) is 0.742. The summed E-state index contributed by atoms with van der Waals surface area (Å²) in [6.07, 6.45) is 0.824. The maximum absolute atomic E-state index is 10.3. The SMILES string of the molecule is O=C(O)Nc1nnc(C2CCCO2)s1. The highest BCUT2D eigenvalue weighted by atomic mass is 32.1. The van der Waals surface area contributed by atoms with E-state index in [1.54, 1.807) is 0 Å². The van der Waals surface area contributed by atoms with Crippen molar-refractivity contribution in [2.75, 3.05) is 11.9 Å². The van der Waals surface area contributed by atoms with Crippen molar-refractivity contribution in [2.24, 2.45) is 0 Å². The minimum Gasteiger partial charge on any atom is -0.465 e. The second-order valence-corrected chi connectivity index (χ2v) is 3.89. The molecule has 1 atom stereocenters. The lowest BCUT2D eigenvalue weighted by atomic mass is 10.2. The third kappa shape index (κ3) is 1.99. The predicted molar refractivity (Wildman–Crippen MR) is 49.5 cm³/mol. The van der Waals surface area contributed by atoms with Crippen LogP contribution in [-0.4, -0.2) is 28.0 Å². The molecule has 1 unspecified atom stereocenters. The third-order valence-corrected chi connectivity index (χ3v) is 2.79. The molecule has 2 rings (SSSR count). The van der Waals surface area contributed by atoms with Crippen LogP contribution in [0.4, 0.5) is 9.93 Å². The van der Waals surface area contributed by atoms with E-state index in [-0.39, 0.29) is 6.10 Å². The summed E-state index contributed by atoms with van der Waals surface area (Å²) in [7, 11) is 0. The summed E-state index contributed by atoms with van der Waals surface area (Å²) in [6, 6.07) is 0. The Bertz CT molecular complexity index is 335. The van der Waals surface area contributed by atoms with Gasteiger partial charge < -0.3 is 9.84 Å². The fourth-order valence-corrected chi connectivity index (χ4v) is 2.10. The lowest BCUT2D eigenvalue weighted by molar-refractivity contribution is 0.111. The van der Waals surface area contributed by atoms with Gasteiger partial charge in [0.15, 0.2) is 0 Å². The van der Waals surface area contributed by atoms with Gasteiger partial charge in [-0.3, -0.25) is 5.32 Å². The average Bonchev–Trinajstić information content (AvgIpc) is 2.69. The molecule has 1 saturated heterocycles. The van der Waals surface area contributed by atoms with E-state index in [2.05, 4.69) is 15.5 Å². The Morgan fingerprint density at radius 3 is 3.14 bits per heavy atom. The molecule has 2 N–H and O–H groups in total. The smallest absolute Gasteiger partial charge is 0.411 e. The van der Waals surface area contributed by atoms with Crippen LogP contribution in [0, 0.1) is 0 Å². The molecule has 76 valence electrons. The first-order valence-electron chi connectivity index (χ1n) is 4.20. The summed E-state index contributed by atoms with van der Waals surface area (Å²) >= 11 is 1.22. The van der Waals surface area contributed by atoms with Crippen LogP contribution in [0.3, 0.4) is 0 Å². The molecule has 0 spiro atoms. The van der Waals surface area contributed by atoms with E-state index in [4.69, 9.17) is 9.84 Å². The molecule has 0 aliphatic carbocycles. The van der Waals surface area contributed by atoms with Gasteiger partial charge in [-0.25, -0.2) is 4.79 Å². The van der Waals surface area contributed by atoms with E-state index in [1.807, 2.05) is 0 Å². The molecule has 0 aromatic carbocycles. The minimum atomic E-state index is -1.12. The largest absolute Gasteiger partial charge is 0.465 e. The van der Waals surface area contributed by atoms with Crippen molar-refractivity contribution in [2.45, 2.75) is 18.9 Å². The number of hydrogen-bond acceptors (Lipinski definition) is 5. The zero-order valence-corrected chi connectivity index (χ0v) is 8.08. The normalized spacial score (nSPS) is 21.0. The number of anilines is 1. The number of nitrogens with one attached hydrogen (secondary N) is 1. The molecule has 1 aliphatic heterocycles. The Morgan fingerprint density at radius 1 is 1.64 bits per heavy atom. The monoisotopic (exact) mass is 215 g/mol. The maximum atomic E-state index is 10.3. The van der Waals surface area contributed by atoms with Gasteiger partial charge in [0.05, 0.1) is 0 Å². The number of ether oxygens (including phenoxy) is 1. The van der Waals surface area contributed by atoms with Crippen molar-refractivity contribution in [1.29, 1.82) is 0 Å². The van der Waals surface area contributed by atoms with Gasteiger partial charge in [0, 0.05) is 6.61 Å². The molecule has 0 saturated carbocycles. The van der Waals surface area contributed by atoms with Crippen molar-refractivity contribution in [3.8, 4) is 0 Å². The van der Waals surface area contributed by atoms with E-state index < -0.39 is 6.09 Å². The lowest BCUT2D eigenvalue weighted by Crippen LogP contribution is -2.06. The topological polar surface area (TPSA) is 84.3 Å². The second kappa shape index (κ2) is 3.89. The Labute approximate surface area is 83.9 Å². The van der Waals surface area contributed by atoms with Gasteiger partial charge in [0.25, 0.3) is 0 Å². The number of carboxylic acid groups (broad SMARTS) is 1. The van der Waals surface area contributed by atoms with Crippen LogP contribution in [0.15, 0.2) is 0 Å². The van der Waals surface area contributed by atoms with Crippen LogP contribution in [0.25, 0.3) is 0 Å². The molecule has 1 aromatic heterocycles. The van der Waals surface area contributed by atoms with Crippen molar-refractivity contribution < 1.29 is 14.6 Å². The summed E-state index contributed by atoms with van der Waals surface area (Å²) in [4.78, 5) is 10.3. The Morgan fingerprint density at radius 2 is 2.50 bits per heavy atom. The Hall–Kier alpha value is -1.21. The summed E-state index contributed by atoms with van der Waals surface area (Å²) in [5, 5.41) is 19.2. The van der Waals surface area contributed by atoms with E-state index in [0.29, 0.717) is 5.13 Å². The Balaban J connectivity index is 2.05. The molecule has 14 heavy (non-hydrogen) atoms. The zero-order chi connectivity index (χ0) is 9.97. The van der Waals surface area contributed by atoms with E-state index in [1.165, 1.54) is 11.3 Å². The van der Waals surface area contributed by atoms with Crippen LogP contribution >= 0.6 is 11.3 Å². The first-order chi connectivity index (χ1) is 6.75. The van der Waals surface area contributed by atoms with Gasteiger partial charge in [0.1, 0.15) is 11.1 Å². The molecule has 1 fully saturated rings. The van der Waals surface area contributed by atoms with Crippen molar-refractivity contribution in [1.82, 2.24) is 10.2 Å². The van der Waals surface area contributed by atoms with Crippen molar-refractivity contribution in [3.05, 3.63) is 5.01 Å². The average molecular weight is 215 g/mol. The summed E-state index contributed by atoms with van der Waals surface area (Å²) in [5.74, 6) is 0. The molecule has 1 aliphatic rings. The van der Waals surface area contributed by atoms with Crippen molar-refractivity contribution >= 4 is 22.6 Å². The van der Waals surface area contributed by atoms with E-state index >= 15 is 0 Å². The van der Waals surface area contributed by atoms with Gasteiger partial charge in [-0.05, 0) is 12.8 Å². The highest BCUT2D eigenvalue weighted by Gasteiger charge is 2.22. The molecule has 1 amide bonds. The molecule has 0 bridgehead atoms. The van der Waals surface area contributed by atoms with Gasteiger partial charge in [-0.1, -0.05) is 11.3 Å². The van der Waals surface area contributed by atoms with Crippen molar-refractivity contribution in [3.63, 3.8) is 0 Å². The molecule has 0 radical (unpaired) electrons. The maximum Gasteiger partial charge on any atom is 0.411 e. The van der Waals surface area contributed by atoms with Gasteiger partial charge in [0.2, 0.25) is 5.13 Å². The molecule has 6 nitrogen and oxygen atoms in total. The van der Waals surface area contributed by atoms with Crippen LogP contribution in [0.5, 0.6) is 0 Å². The second-order valence-electron chi connectivity index (χ2n) is 2.88. The lowest BCUT2D eigenvalue weighted by Gasteiger charge is -2.01. The van der Waals surface area contributed by atoms with Crippen LogP contribution in [0.2, 0.25) is 0 Å². The fraction of sp³-hybridized carbons (Fsp3) is 0.571. The molecule has 7 heteroatoms. The number of hydrogen-bond donors (Lipinski definition) is 2. The highest BCUT2D eigenvalue weighted by molar-refractivity contribution is 7.15. The third-order valence-electron chi connectivity index (χ3n) is 1.86. The zero-order valence-electron chi connectivity index (χ0n) is 7.27. The first-order valence-corrected chi connectivity index (χ1v) is 5.02. The van der Waals surface area contributed by atoms with Gasteiger partial charge in [-0.15, -0.1) is 10.2 Å². The van der Waals surface area contributed by atoms with Crippen LogP contribution < -0.4 is 5.32 Å². The fourth-order valence-electron chi connectivity index (χ4n) is 1.28. The van der Waals surface area contributed by atoms with Crippen LogP contribution in [-0.2, 0) is 4.74 Å².